The zero-order valence-electron chi connectivity index (χ0n) is 18.2. The molecule has 6 nitrogen and oxygen atoms in total. The fourth-order valence-corrected chi connectivity index (χ4v) is 4.20. The Balaban J connectivity index is 1.57. The van der Waals surface area contributed by atoms with Crippen molar-refractivity contribution >= 4 is 52.5 Å². The van der Waals surface area contributed by atoms with Crippen LogP contribution in [0.1, 0.15) is 25.3 Å². The minimum absolute atomic E-state index is 0.232. The second kappa shape index (κ2) is 11.2. The Kier molecular flexibility index (Phi) is 8.42. The molecule has 2 amide bonds. The number of carbonyl (C=O) groups is 2. The quantitative estimate of drug-likeness (QED) is 0.565. The average molecular weight is 476 g/mol. The van der Waals surface area contributed by atoms with E-state index >= 15 is 0 Å². The zero-order chi connectivity index (χ0) is 23.1. The van der Waals surface area contributed by atoms with Gasteiger partial charge >= 0.3 is 0 Å². The number of hydrogen-bond donors (Lipinski definition) is 1. The fourth-order valence-electron chi connectivity index (χ4n) is 3.61. The molecule has 0 spiro atoms. The molecule has 0 aromatic heterocycles. The highest BCUT2D eigenvalue weighted by molar-refractivity contribution is 6.36. The van der Waals surface area contributed by atoms with Gasteiger partial charge in [-0.1, -0.05) is 30.1 Å². The molecule has 170 valence electrons. The maximum atomic E-state index is 12.3. The first-order chi connectivity index (χ1) is 15.4. The smallest absolute Gasteiger partial charge is 0.248 e. The number of carbonyl (C=O) groups excluding carboxylic acids is 2. The van der Waals surface area contributed by atoms with Crippen LogP contribution in [0, 0.1) is 0 Å². The molecule has 0 unspecified atom stereocenters. The molecule has 1 heterocycles. The molecule has 1 aliphatic rings. The van der Waals surface area contributed by atoms with Crippen LogP contribution in [-0.4, -0.2) is 50.0 Å². The predicted molar refractivity (Wildman–Crippen MR) is 131 cm³/mol. The van der Waals surface area contributed by atoms with Crippen LogP contribution < -0.4 is 15.0 Å². The number of nitrogens with zero attached hydrogens (tertiary/aromatic N) is 2. The van der Waals surface area contributed by atoms with Crippen LogP contribution in [0.25, 0.3) is 6.08 Å². The van der Waals surface area contributed by atoms with Gasteiger partial charge in [0.05, 0.1) is 12.1 Å². The van der Waals surface area contributed by atoms with Crippen molar-refractivity contribution in [2.45, 2.75) is 19.8 Å². The third-order valence-corrected chi connectivity index (χ3v) is 5.75. The number of methoxy groups -OCH3 is 1. The van der Waals surface area contributed by atoms with E-state index in [9.17, 15) is 9.59 Å². The average Bonchev–Trinajstić information content (AvgIpc) is 2.78. The van der Waals surface area contributed by atoms with E-state index in [2.05, 4.69) is 10.2 Å². The second-order valence-corrected chi connectivity index (χ2v) is 8.34. The Morgan fingerprint density at radius 2 is 1.78 bits per heavy atom. The minimum Gasteiger partial charge on any atom is -0.495 e. The lowest BCUT2D eigenvalue weighted by Crippen LogP contribution is -2.48. The van der Waals surface area contributed by atoms with E-state index in [4.69, 9.17) is 27.9 Å². The number of amides is 2. The van der Waals surface area contributed by atoms with Crippen LogP contribution >= 0.6 is 23.2 Å². The number of rotatable bonds is 7. The van der Waals surface area contributed by atoms with Gasteiger partial charge in [-0.2, -0.15) is 0 Å². The number of ether oxygens (including phenoxy) is 1. The SMILES string of the molecule is CCCC(=O)N1CCN(c2ccc(NC(=O)/C=C/c3cc(Cl)cc(Cl)c3OC)cc2)CC1. The number of anilines is 2. The van der Waals surface area contributed by atoms with Crippen LogP contribution in [-0.2, 0) is 9.59 Å². The maximum Gasteiger partial charge on any atom is 0.248 e. The van der Waals surface area contributed by atoms with Crippen molar-refractivity contribution in [2.75, 3.05) is 43.5 Å². The van der Waals surface area contributed by atoms with Gasteiger partial charge in [0.2, 0.25) is 11.8 Å². The van der Waals surface area contributed by atoms with Gasteiger partial charge < -0.3 is 19.9 Å². The van der Waals surface area contributed by atoms with Crippen molar-refractivity contribution < 1.29 is 14.3 Å². The standard InChI is InChI=1S/C24H27Cl2N3O3/c1-3-4-23(31)29-13-11-28(12-14-29)20-8-6-19(7-9-20)27-22(30)10-5-17-15-18(25)16-21(26)24(17)32-2/h5-10,15-16H,3-4,11-14H2,1-2H3,(H,27,30)/b10-5+. The molecule has 0 aliphatic carbocycles. The summed E-state index contributed by atoms with van der Waals surface area (Å²) in [6.45, 7) is 5.09. The largest absolute Gasteiger partial charge is 0.495 e. The van der Waals surface area contributed by atoms with E-state index in [0.29, 0.717) is 33.5 Å². The Bertz CT molecular complexity index is 985. The first-order valence-electron chi connectivity index (χ1n) is 10.6. The molecule has 0 radical (unpaired) electrons. The second-order valence-electron chi connectivity index (χ2n) is 7.50. The third kappa shape index (κ3) is 6.17. The van der Waals surface area contributed by atoms with Gasteiger partial charge in [-0.15, -0.1) is 0 Å². The van der Waals surface area contributed by atoms with E-state index in [1.54, 1.807) is 18.2 Å². The highest BCUT2D eigenvalue weighted by Gasteiger charge is 2.20. The number of benzene rings is 2. The van der Waals surface area contributed by atoms with Crippen molar-refractivity contribution in [1.82, 2.24) is 4.90 Å². The molecule has 0 bridgehead atoms. The summed E-state index contributed by atoms with van der Waals surface area (Å²) in [5.74, 6) is 0.413. The number of nitrogens with one attached hydrogen (secondary N) is 1. The summed E-state index contributed by atoms with van der Waals surface area (Å²) in [6.07, 6.45) is 4.51. The lowest BCUT2D eigenvalue weighted by molar-refractivity contribution is -0.131. The number of piperazine rings is 1. The number of hydrogen-bond acceptors (Lipinski definition) is 4. The fraction of sp³-hybridized carbons (Fsp3) is 0.333. The van der Waals surface area contributed by atoms with Gasteiger partial charge in [-0.3, -0.25) is 9.59 Å². The number of halogens is 2. The van der Waals surface area contributed by atoms with Crippen LogP contribution in [0.5, 0.6) is 5.75 Å². The molecule has 1 saturated heterocycles. The normalized spacial score (nSPS) is 14.0. The lowest BCUT2D eigenvalue weighted by atomic mass is 10.2. The highest BCUT2D eigenvalue weighted by Crippen LogP contribution is 2.33. The van der Waals surface area contributed by atoms with E-state index in [-0.39, 0.29) is 11.8 Å². The summed E-state index contributed by atoms with van der Waals surface area (Å²) in [7, 11) is 1.51. The molecule has 0 atom stereocenters. The molecule has 2 aromatic carbocycles. The van der Waals surface area contributed by atoms with Crippen LogP contribution in [0.15, 0.2) is 42.5 Å². The summed E-state index contributed by atoms with van der Waals surface area (Å²) in [4.78, 5) is 28.6. The Hall–Kier alpha value is -2.70. The lowest BCUT2D eigenvalue weighted by Gasteiger charge is -2.36. The van der Waals surface area contributed by atoms with E-state index in [0.717, 1.165) is 38.3 Å². The van der Waals surface area contributed by atoms with E-state index in [1.165, 1.54) is 13.2 Å². The molecular weight excluding hydrogens is 449 g/mol. The zero-order valence-corrected chi connectivity index (χ0v) is 19.7. The van der Waals surface area contributed by atoms with Crippen LogP contribution in [0.4, 0.5) is 11.4 Å². The third-order valence-electron chi connectivity index (χ3n) is 5.25. The van der Waals surface area contributed by atoms with E-state index in [1.807, 2.05) is 36.1 Å². The van der Waals surface area contributed by atoms with Crippen molar-refractivity contribution in [2.24, 2.45) is 0 Å². The molecular formula is C24H27Cl2N3O3. The maximum absolute atomic E-state index is 12.3. The van der Waals surface area contributed by atoms with Gasteiger partial charge in [0.1, 0.15) is 5.75 Å². The molecule has 3 rings (SSSR count). The first kappa shape index (κ1) is 24.0. The summed E-state index contributed by atoms with van der Waals surface area (Å²) < 4.78 is 5.28. The molecule has 1 N–H and O–H groups in total. The van der Waals surface area contributed by atoms with Crippen LogP contribution in [0.3, 0.4) is 0 Å². The van der Waals surface area contributed by atoms with Gasteiger partial charge in [-0.25, -0.2) is 0 Å². The van der Waals surface area contributed by atoms with Gasteiger partial charge in [0.15, 0.2) is 0 Å². The molecule has 1 fully saturated rings. The van der Waals surface area contributed by atoms with Gasteiger partial charge in [0, 0.05) is 60.6 Å². The topological polar surface area (TPSA) is 61.9 Å². The Morgan fingerprint density at radius 1 is 1.09 bits per heavy atom. The summed E-state index contributed by atoms with van der Waals surface area (Å²) in [5.41, 5.74) is 2.38. The van der Waals surface area contributed by atoms with Crippen molar-refractivity contribution in [1.29, 1.82) is 0 Å². The highest BCUT2D eigenvalue weighted by atomic mass is 35.5. The first-order valence-corrected chi connectivity index (χ1v) is 11.3. The predicted octanol–water partition coefficient (Wildman–Crippen LogP) is 5.10. The van der Waals surface area contributed by atoms with E-state index < -0.39 is 0 Å². The van der Waals surface area contributed by atoms with Crippen molar-refractivity contribution in [3.8, 4) is 5.75 Å². The summed E-state index contributed by atoms with van der Waals surface area (Å²) >= 11 is 12.2. The molecule has 1 aliphatic heterocycles. The van der Waals surface area contributed by atoms with Crippen LogP contribution in [0.2, 0.25) is 10.0 Å². The Labute approximate surface area is 198 Å². The molecule has 8 heteroatoms. The summed E-state index contributed by atoms with van der Waals surface area (Å²) in [5, 5.41) is 3.68. The monoisotopic (exact) mass is 475 g/mol. The van der Waals surface area contributed by atoms with Crippen molar-refractivity contribution in [3.05, 3.63) is 58.1 Å². The molecule has 2 aromatic rings. The molecule has 0 saturated carbocycles. The van der Waals surface area contributed by atoms with Crippen molar-refractivity contribution in [3.63, 3.8) is 0 Å². The van der Waals surface area contributed by atoms with Gasteiger partial charge in [-0.05, 0) is 48.9 Å². The molecule has 32 heavy (non-hydrogen) atoms. The van der Waals surface area contributed by atoms with Gasteiger partial charge in [0.25, 0.3) is 0 Å². The summed E-state index contributed by atoms with van der Waals surface area (Å²) in [6, 6.07) is 11.0. The Morgan fingerprint density at radius 3 is 2.41 bits per heavy atom. The minimum atomic E-state index is -0.279.